The van der Waals surface area contributed by atoms with E-state index < -0.39 is 11.9 Å². The first kappa shape index (κ1) is 13.5. The van der Waals surface area contributed by atoms with Gasteiger partial charge in [0, 0.05) is 6.42 Å². The Labute approximate surface area is 104 Å². The molecule has 0 aliphatic carbocycles. The molecule has 0 saturated heterocycles. The number of nitrogens with zero attached hydrogens (tertiary/aromatic N) is 1. The van der Waals surface area contributed by atoms with E-state index in [2.05, 4.69) is 5.32 Å². The van der Waals surface area contributed by atoms with Gasteiger partial charge in [0.25, 0.3) is 0 Å². The summed E-state index contributed by atoms with van der Waals surface area (Å²) in [5.74, 6) is -1.16. The Balaban J connectivity index is 2.86. The van der Waals surface area contributed by atoms with Crippen molar-refractivity contribution in [1.82, 2.24) is 0 Å². The molecule has 0 saturated carbocycles. The number of nitrogens with one attached hydrogen (secondary N) is 1. The van der Waals surface area contributed by atoms with Crippen molar-refractivity contribution in [3.8, 4) is 11.8 Å². The molecule has 18 heavy (non-hydrogen) atoms. The van der Waals surface area contributed by atoms with Gasteiger partial charge in [-0.1, -0.05) is 6.07 Å². The molecule has 1 amide bonds. The molecule has 94 valence electrons. The van der Waals surface area contributed by atoms with Crippen LogP contribution in [0.3, 0.4) is 0 Å². The summed E-state index contributed by atoms with van der Waals surface area (Å²) in [7, 11) is 1.42. The summed E-state index contributed by atoms with van der Waals surface area (Å²) >= 11 is 0. The number of anilines is 1. The minimum Gasteiger partial charge on any atom is -0.495 e. The van der Waals surface area contributed by atoms with Gasteiger partial charge in [0.1, 0.15) is 17.5 Å². The molecule has 6 nitrogen and oxygen atoms in total. The van der Waals surface area contributed by atoms with Crippen molar-refractivity contribution < 1.29 is 19.4 Å². The number of hydrogen-bond acceptors (Lipinski definition) is 4. The van der Waals surface area contributed by atoms with Gasteiger partial charge < -0.3 is 15.2 Å². The Bertz CT molecular complexity index is 505. The summed E-state index contributed by atoms with van der Waals surface area (Å²) in [5, 5.41) is 19.9. The fourth-order valence-electron chi connectivity index (χ4n) is 1.35. The molecule has 0 atom stereocenters. The highest BCUT2D eigenvalue weighted by molar-refractivity contribution is 5.95. The molecule has 0 bridgehead atoms. The van der Waals surface area contributed by atoms with E-state index >= 15 is 0 Å². The average molecular weight is 248 g/mol. The Hall–Kier alpha value is -2.55. The summed E-state index contributed by atoms with van der Waals surface area (Å²) in [5.41, 5.74) is 0.524. The van der Waals surface area contributed by atoms with Crippen molar-refractivity contribution in [2.45, 2.75) is 12.8 Å². The number of carbonyl (C=O) groups is 2. The number of hydrogen-bond donors (Lipinski definition) is 2. The number of rotatable bonds is 5. The molecular weight excluding hydrogens is 236 g/mol. The van der Waals surface area contributed by atoms with Gasteiger partial charge in [0.05, 0.1) is 19.1 Å². The van der Waals surface area contributed by atoms with Gasteiger partial charge in [-0.05, 0) is 12.1 Å². The van der Waals surface area contributed by atoms with Crippen LogP contribution in [0, 0.1) is 11.3 Å². The number of para-hydroxylation sites is 1. The zero-order chi connectivity index (χ0) is 13.5. The highest BCUT2D eigenvalue weighted by Crippen LogP contribution is 2.27. The lowest BCUT2D eigenvalue weighted by Gasteiger charge is -2.11. The minimum atomic E-state index is -1.05. The Morgan fingerprint density at radius 3 is 2.72 bits per heavy atom. The summed E-state index contributed by atoms with van der Waals surface area (Å²) in [4.78, 5) is 21.9. The number of benzene rings is 1. The second-order valence-electron chi connectivity index (χ2n) is 3.44. The highest BCUT2D eigenvalue weighted by atomic mass is 16.5. The highest BCUT2D eigenvalue weighted by Gasteiger charge is 2.13. The van der Waals surface area contributed by atoms with Crippen LogP contribution in [0.4, 0.5) is 5.69 Å². The van der Waals surface area contributed by atoms with Gasteiger partial charge in [-0.3, -0.25) is 9.59 Å². The number of amides is 1. The fraction of sp³-hybridized carbons (Fsp3) is 0.250. The lowest BCUT2D eigenvalue weighted by Crippen LogP contribution is -2.14. The summed E-state index contributed by atoms with van der Waals surface area (Å²) < 4.78 is 5.03. The molecule has 0 aromatic heterocycles. The number of carbonyl (C=O) groups excluding carboxylic acids is 1. The van der Waals surface area contributed by atoms with Crippen LogP contribution in [0.5, 0.6) is 5.75 Å². The van der Waals surface area contributed by atoms with Gasteiger partial charge in [-0.15, -0.1) is 0 Å². The summed E-state index contributed by atoms with van der Waals surface area (Å²) in [6.07, 6.45) is -0.416. The predicted molar refractivity (Wildman–Crippen MR) is 63.2 cm³/mol. The van der Waals surface area contributed by atoms with E-state index in [1.807, 2.05) is 6.07 Å². The third kappa shape index (κ3) is 3.49. The molecule has 0 spiro atoms. The van der Waals surface area contributed by atoms with Crippen LogP contribution in [0.15, 0.2) is 18.2 Å². The van der Waals surface area contributed by atoms with E-state index in [9.17, 15) is 9.59 Å². The number of ether oxygens (including phenoxy) is 1. The Kier molecular flexibility index (Phi) is 4.69. The van der Waals surface area contributed by atoms with E-state index in [0.29, 0.717) is 5.75 Å². The maximum Gasteiger partial charge on any atom is 0.303 e. The molecule has 0 unspecified atom stereocenters. The molecule has 0 aliphatic rings. The maximum absolute atomic E-state index is 11.5. The fourth-order valence-corrected chi connectivity index (χ4v) is 1.35. The minimum absolute atomic E-state index is 0.155. The first-order chi connectivity index (χ1) is 8.58. The largest absolute Gasteiger partial charge is 0.495 e. The van der Waals surface area contributed by atoms with Crippen molar-refractivity contribution in [3.63, 3.8) is 0 Å². The molecular formula is C12H12N2O4. The monoisotopic (exact) mass is 248 g/mol. The van der Waals surface area contributed by atoms with E-state index in [4.69, 9.17) is 15.1 Å². The number of aliphatic carboxylic acids is 1. The van der Waals surface area contributed by atoms with Gasteiger partial charge in [-0.25, -0.2) is 0 Å². The van der Waals surface area contributed by atoms with Crippen molar-refractivity contribution in [3.05, 3.63) is 23.8 Å². The van der Waals surface area contributed by atoms with Crippen molar-refractivity contribution in [2.24, 2.45) is 0 Å². The predicted octanol–water partition coefficient (Wildman–Crippen LogP) is 1.37. The third-order valence-electron chi connectivity index (χ3n) is 2.20. The molecule has 0 heterocycles. The van der Waals surface area contributed by atoms with Crippen molar-refractivity contribution >= 4 is 17.6 Å². The Morgan fingerprint density at radius 2 is 2.17 bits per heavy atom. The van der Waals surface area contributed by atoms with Crippen LogP contribution < -0.4 is 10.1 Å². The molecule has 6 heteroatoms. The summed E-state index contributed by atoms with van der Waals surface area (Å²) in [6.45, 7) is 0. The van der Waals surface area contributed by atoms with Crippen LogP contribution in [-0.2, 0) is 9.59 Å². The molecule has 0 radical (unpaired) electrons. The van der Waals surface area contributed by atoms with Crippen LogP contribution in [0.25, 0.3) is 0 Å². The van der Waals surface area contributed by atoms with Gasteiger partial charge >= 0.3 is 5.97 Å². The van der Waals surface area contributed by atoms with Gasteiger partial charge in [-0.2, -0.15) is 5.26 Å². The average Bonchev–Trinajstić information content (AvgIpc) is 2.36. The topological polar surface area (TPSA) is 99.4 Å². The molecule has 0 aliphatic heterocycles. The van der Waals surface area contributed by atoms with Crippen LogP contribution >= 0.6 is 0 Å². The SMILES string of the molecule is COc1cccc(C#N)c1NC(=O)CCC(=O)O. The van der Waals surface area contributed by atoms with Crippen LogP contribution in [0.2, 0.25) is 0 Å². The molecule has 0 fully saturated rings. The lowest BCUT2D eigenvalue weighted by molar-refractivity contribution is -0.138. The number of methoxy groups -OCH3 is 1. The number of carboxylic acid groups (broad SMARTS) is 1. The quantitative estimate of drug-likeness (QED) is 0.819. The van der Waals surface area contributed by atoms with Crippen LogP contribution in [0.1, 0.15) is 18.4 Å². The van der Waals surface area contributed by atoms with Crippen molar-refractivity contribution in [1.29, 1.82) is 5.26 Å². The van der Waals surface area contributed by atoms with E-state index in [0.717, 1.165) is 0 Å². The molecule has 2 N–H and O–H groups in total. The number of nitriles is 1. The van der Waals surface area contributed by atoms with Gasteiger partial charge in [0.15, 0.2) is 0 Å². The molecule has 1 rings (SSSR count). The second-order valence-corrected chi connectivity index (χ2v) is 3.44. The van der Waals surface area contributed by atoms with Crippen molar-refractivity contribution in [2.75, 3.05) is 12.4 Å². The lowest BCUT2D eigenvalue weighted by atomic mass is 10.1. The smallest absolute Gasteiger partial charge is 0.303 e. The van der Waals surface area contributed by atoms with E-state index in [-0.39, 0.29) is 24.1 Å². The first-order valence-electron chi connectivity index (χ1n) is 5.17. The van der Waals surface area contributed by atoms with E-state index in [1.54, 1.807) is 12.1 Å². The normalized spacial score (nSPS) is 9.33. The molecule has 1 aromatic carbocycles. The Morgan fingerprint density at radius 1 is 1.44 bits per heavy atom. The second kappa shape index (κ2) is 6.25. The first-order valence-corrected chi connectivity index (χ1v) is 5.17. The summed E-state index contributed by atoms with van der Waals surface area (Å²) in [6, 6.07) is 6.70. The van der Waals surface area contributed by atoms with Gasteiger partial charge in [0.2, 0.25) is 5.91 Å². The maximum atomic E-state index is 11.5. The standard InChI is InChI=1S/C12H12N2O4/c1-18-9-4-2-3-8(7-13)12(9)14-10(15)5-6-11(16)17/h2-4H,5-6H2,1H3,(H,14,15)(H,16,17). The molecule has 1 aromatic rings. The van der Waals surface area contributed by atoms with Crippen LogP contribution in [-0.4, -0.2) is 24.1 Å². The zero-order valence-electron chi connectivity index (χ0n) is 9.77. The zero-order valence-corrected chi connectivity index (χ0v) is 9.77. The third-order valence-corrected chi connectivity index (χ3v) is 2.20. The number of carboxylic acids is 1. The van der Waals surface area contributed by atoms with E-state index in [1.165, 1.54) is 13.2 Å².